The van der Waals surface area contributed by atoms with Gasteiger partial charge in [-0.05, 0) is 85.2 Å². The van der Waals surface area contributed by atoms with Crippen LogP contribution in [0.4, 0.5) is 0 Å². The predicted octanol–water partition coefficient (Wildman–Crippen LogP) is 8.97. The van der Waals surface area contributed by atoms with Crippen LogP contribution in [0.2, 0.25) is 0 Å². The lowest BCUT2D eigenvalue weighted by atomic mass is 9.81. The van der Waals surface area contributed by atoms with Crippen molar-refractivity contribution >= 4 is 10.8 Å². The topological polar surface area (TPSA) is 21.3 Å². The number of ether oxygens (including phenoxy) is 1. The maximum absolute atomic E-state index is 6.30. The van der Waals surface area contributed by atoms with Crippen LogP contribution >= 0.6 is 0 Å². The van der Waals surface area contributed by atoms with Crippen molar-refractivity contribution in [1.29, 1.82) is 0 Å². The van der Waals surface area contributed by atoms with Gasteiger partial charge < -0.3 is 10.1 Å². The first-order valence-electron chi connectivity index (χ1n) is 13.7. The van der Waals surface area contributed by atoms with E-state index in [0.29, 0.717) is 17.9 Å². The Morgan fingerprint density at radius 3 is 2.61 bits per heavy atom. The van der Waals surface area contributed by atoms with Crippen molar-refractivity contribution in [2.75, 3.05) is 13.7 Å². The van der Waals surface area contributed by atoms with Crippen LogP contribution in [-0.2, 0) is 0 Å². The van der Waals surface area contributed by atoms with Gasteiger partial charge in [-0.25, -0.2) is 0 Å². The van der Waals surface area contributed by atoms with Crippen LogP contribution in [0, 0.1) is 11.8 Å². The molecule has 1 aliphatic carbocycles. The van der Waals surface area contributed by atoms with E-state index < -0.39 is 0 Å². The highest BCUT2D eigenvalue weighted by atomic mass is 16.5. The van der Waals surface area contributed by atoms with Gasteiger partial charge in [0.05, 0.1) is 6.61 Å². The Labute approximate surface area is 219 Å². The van der Waals surface area contributed by atoms with E-state index in [0.717, 1.165) is 38.0 Å². The van der Waals surface area contributed by atoms with Gasteiger partial charge in [0.1, 0.15) is 5.75 Å². The summed E-state index contributed by atoms with van der Waals surface area (Å²) in [6.45, 7) is 14.0. The Morgan fingerprint density at radius 1 is 1.11 bits per heavy atom. The summed E-state index contributed by atoms with van der Waals surface area (Å²) < 4.78 is 6.30. The van der Waals surface area contributed by atoms with E-state index in [9.17, 15) is 0 Å². The van der Waals surface area contributed by atoms with Gasteiger partial charge in [-0.1, -0.05) is 101 Å². The van der Waals surface area contributed by atoms with Crippen LogP contribution in [0.15, 0.2) is 102 Å². The molecule has 0 bridgehead atoms. The Bertz CT molecular complexity index is 1120. The van der Waals surface area contributed by atoms with E-state index in [1.165, 1.54) is 39.5 Å². The van der Waals surface area contributed by atoms with Crippen molar-refractivity contribution < 1.29 is 4.74 Å². The maximum atomic E-state index is 6.30. The number of nitrogens with one attached hydrogen (secondary N) is 1. The normalized spacial score (nSPS) is 16.9. The zero-order valence-electron chi connectivity index (χ0n) is 23.0. The summed E-state index contributed by atoms with van der Waals surface area (Å²) in [6.07, 6.45) is 16.5. The molecule has 0 radical (unpaired) electrons. The van der Waals surface area contributed by atoms with E-state index in [1.54, 1.807) is 0 Å². The smallest absolute Gasteiger partial charge is 0.127 e. The molecule has 0 heterocycles. The molecular weight excluding hydrogens is 438 g/mol. The van der Waals surface area contributed by atoms with Crippen molar-refractivity contribution in [1.82, 2.24) is 5.32 Å². The molecule has 0 fully saturated rings. The second kappa shape index (κ2) is 14.0. The van der Waals surface area contributed by atoms with Gasteiger partial charge in [0.2, 0.25) is 0 Å². The highest BCUT2D eigenvalue weighted by Crippen LogP contribution is 2.34. The summed E-state index contributed by atoms with van der Waals surface area (Å²) >= 11 is 0. The lowest BCUT2D eigenvalue weighted by Gasteiger charge is -2.26. The number of rotatable bonds is 13. The fraction of sp³-hybridized carbons (Fsp3) is 0.412. The summed E-state index contributed by atoms with van der Waals surface area (Å²) in [7, 11) is 2.05. The minimum absolute atomic E-state index is 0.323. The molecule has 192 valence electrons. The standard InChI is InChI=1S/C34H45NO/c1-7-15-32(33(9-3)35-6)30-19-12-11-17-29(26(30)5)24-25(4)27(8-2)22-23-36-34-21-14-18-28-16-10-13-20-31(28)34/h7,10,12-21,25,27,33,35H,1,8-9,11,22-24H2,2-6H3/b32-15+. The molecule has 3 unspecified atom stereocenters. The van der Waals surface area contributed by atoms with Crippen molar-refractivity contribution in [3.05, 3.63) is 102 Å². The first-order chi connectivity index (χ1) is 17.5. The molecule has 2 nitrogen and oxygen atoms in total. The van der Waals surface area contributed by atoms with Gasteiger partial charge in [0, 0.05) is 11.4 Å². The van der Waals surface area contributed by atoms with Gasteiger partial charge in [0.25, 0.3) is 0 Å². The van der Waals surface area contributed by atoms with Crippen molar-refractivity contribution in [2.45, 2.75) is 65.8 Å². The van der Waals surface area contributed by atoms with E-state index in [4.69, 9.17) is 4.74 Å². The summed E-state index contributed by atoms with van der Waals surface area (Å²) in [5.41, 5.74) is 5.57. The Hall–Kier alpha value is -2.84. The van der Waals surface area contributed by atoms with Crippen molar-refractivity contribution in [2.24, 2.45) is 11.8 Å². The number of likely N-dealkylation sites (N-methyl/N-ethyl adjacent to an activating group) is 1. The molecule has 1 aliphatic rings. The maximum Gasteiger partial charge on any atom is 0.127 e. The van der Waals surface area contributed by atoms with Crippen LogP contribution < -0.4 is 10.1 Å². The first kappa shape index (κ1) is 27.7. The lowest BCUT2D eigenvalue weighted by Crippen LogP contribution is -2.27. The molecule has 2 aromatic carbocycles. The molecule has 3 atom stereocenters. The van der Waals surface area contributed by atoms with E-state index in [-0.39, 0.29) is 0 Å². The van der Waals surface area contributed by atoms with Crippen LogP contribution in [0.1, 0.15) is 59.8 Å². The Kier molecular flexibility index (Phi) is 10.8. The van der Waals surface area contributed by atoms with E-state index >= 15 is 0 Å². The van der Waals surface area contributed by atoms with Crippen LogP contribution in [-0.4, -0.2) is 19.7 Å². The minimum atomic E-state index is 0.323. The third-order valence-electron chi connectivity index (χ3n) is 7.78. The summed E-state index contributed by atoms with van der Waals surface area (Å²) in [4.78, 5) is 0. The zero-order valence-corrected chi connectivity index (χ0v) is 23.0. The fourth-order valence-electron chi connectivity index (χ4n) is 5.54. The zero-order chi connectivity index (χ0) is 25.9. The molecule has 2 aromatic rings. The summed E-state index contributed by atoms with van der Waals surface area (Å²) in [5.74, 6) is 2.20. The van der Waals surface area contributed by atoms with Crippen LogP contribution in [0.3, 0.4) is 0 Å². The third-order valence-corrected chi connectivity index (χ3v) is 7.78. The molecule has 1 N–H and O–H groups in total. The molecular formula is C34H45NO. The first-order valence-corrected chi connectivity index (χ1v) is 13.7. The molecule has 3 rings (SSSR count). The monoisotopic (exact) mass is 483 g/mol. The number of benzene rings is 2. The highest BCUT2D eigenvalue weighted by molar-refractivity contribution is 5.88. The number of hydrogen-bond acceptors (Lipinski definition) is 2. The lowest BCUT2D eigenvalue weighted by molar-refractivity contribution is 0.238. The second-order valence-corrected chi connectivity index (χ2v) is 9.98. The fourth-order valence-corrected chi connectivity index (χ4v) is 5.54. The van der Waals surface area contributed by atoms with Gasteiger partial charge in [-0.15, -0.1) is 0 Å². The third kappa shape index (κ3) is 6.89. The van der Waals surface area contributed by atoms with Crippen LogP contribution in [0.25, 0.3) is 10.8 Å². The Morgan fingerprint density at radius 2 is 1.89 bits per heavy atom. The molecule has 0 saturated heterocycles. The van der Waals surface area contributed by atoms with Gasteiger partial charge in [-0.3, -0.25) is 0 Å². The Balaban J connectivity index is 1.70. The van der Waals surface area contributed by atoms with E-state index in [1.807, 2.05) is 13.1 Å². The average Bonchev–Trinajstić information content (AvgIpc) is 3.07. The summed E-state index contributed by atoms with van der Waals surface area (Å²) in [5, 5.41) is 5.92. The van der Waals surface area contributed by atoms with Crippen molar-refractivity contribution in [3.8, 4) is 5.75 Å². The van der Waals surface area contributed by atoms with E-state index in [2.05, 4.69) is 106 Å². The second-order valence-electron chi connectivity index (χ2n) is 9.98. The van der Waals surface area contributed by atoms with Crippen LogP contribution in [0.5, 0.6) is 5.75 Å². The molecule has 0 aliphatic heterocycles. The number of allylic oxidation sites excluding steroid dienone is 7. The number of fused-ring (bicyclic) bond motifs is 1. The van der Waals surface area contributed by atoms with Gasteiger partial charge >= 0.3 is 0 Å². The highest BCUT2D eigenvalue weighted by Gasteiger charge is 2.21. The minimum Gasteiger partial charge on any atom is -0.493 e. The molecule has 2 heteroatoms. The molecule has 0 spiro atoms. The summed E-state index contributed by atoms with van der Waals surface area (Å²) in [6, 6.07) is 15.1. The molecule has 0 saturated carbocycles. The quantitative estimate of drug-likeness (QED) is 0.287. The SMILES string of the molecule is C=C/C=C(\C1=C(C)C(CC(C)C(CC)CCOc2cccc3ccccc23)=CCC=C1)C(CC)NC. The largest absolute Gasteiger partial charge is 0.493 e. The van der Waals surface area contributed by atoms with Gasteiger partial charge in [-0.2, -0.15) is 0 Å². The molecule has 0 aromatic heterocycles. The van der Waals surface area contributed by atoms with Gasteiger partial charge in [0.15, 0.2) is 0 Å². The average molecular weight is 484 g/mol. The number of hydrogen-bond donors (Lipinski definition) is 1. The molecule has 36 heavy (non-hydrogen) atoms. The van der Waals surface area contributed by atoms with Crippen molar-refractivity contribution in [3.63, 3.8) is 0 Å². The predicted molar refractivity (Wildman–Crippen MR) is 158 cm³/mol. The molecule has 0 amide bonds.